The number of methoxy groups -OCH3 is 1. The summed E-state index contributed by atoms with van der Waals surface area (Å²) in [5.74, 6) is 0. The van der Waals surface area contributed by atoms with Crippen molar-refractivity contribution in [3.63, 3.8) is 0 Å². The van der Waals surface area contributed by atoms with Crippen LogP contribution >= 0.6 is 0 Å². The van der Waals surface area contributed by atoms with Crippen molar-refractivity contribution < 1.29 is 4.74 Å². The Kier molecular flexibility index (Phi) is 4.64. The molecule has 0 bridgehead atoms. The minimum Gasteiger partial charge on any atom is -0.379 e. The molecule has 0 aliphatic heterocycles. The fraction of sp³-hybridized carbons (Fsp3) is 0.647. The maximum Gasteiger partial charge on any atom is 0.0623 e. The lowest BCUT2D eigenvalue weighted by Gasteiger charge is -2.26. The van der Waals surface area contributed by atoms with Crippen molar-refractivity contribution in [2.45, 2.75) is 57.6 Å². The fourth-order valence-corrected chi connectivity index (χ4v) is 2.88. The van der Waals surface area contributed by atoms with E-state index in [1.54, 1.807) is 18.2 Å². The summed E-state index contributed by atoms with van der Waals surface area (Å²) in [5.41, 5.74) is 4.50. The average molecular weight is 261 g/mol. The largest absolute Gasteiger partial charge is 0.379 e. The number of aryl methyl sites for hydroxylation is 2. The SMILES string of the molecule is CNC(CCC(C)(C)OC)c1ccc2c(c1)CCC2. The number of fused-ring (bicyclic) bond motifs is 1. The van der Waals surface area contributed by atoms with Gasteiger partial charge in [-0.25, -0.2) is 0 Å². The van der Waals surface area contributed by atoms with E-state index in [-0.39, 0.29) is 5.60 Å². The molecule has 1 N–H and O–H groups in total. The van der Waals surface area contributed by atoms with Crippen LogP contribution in [0.4, 0.5) is 0 Å². The molecule has 0 heterocycles. The number of hydrogen-bond donors (Lipinski definition) is 1. The van der Waals surface area contributed by atoms with Crippen LogP contribution in [0.3, 0.4) is 0 Å². The molecular formula is C17H27NO. The van der Waals surface area contributed by atoms with Gasteiger partial charge >= 0.3 is 0 Å². The van der Waals surface area contributed by atoms with Gasteiger partial charge in [0.15, 0.2) is 0 Å². The topological polar surface area (TPSA) is 21.3 Å². The molecular weight excluding hydrogens is 234 g/mol. The molecule has 1 atom stereocenters. The van der Waals surface area contributed by atoms with E-state index >= 15 is 0 Å². The third kappa shape index (κ3) is 3.58. The van der Waals surface area contributed by atoms with Crippen LogP contribution < -0.4 is 5.32 Å². The molecule has 1 unspecified atom stereocenters. The van der Waals surface area contributed by atoms with Gasteiger partial charge in [0.2, 0.25) is 0 Å². The Balaban J connectivity index is 2.05. The molecule has 106 valence electrons. The number of benzene rings is 1. The van der Waals surface area contributed by atoms with Gasteiger partial charge in [-0.15, -0.1) is 0 Å². The molecule has 0 spiro atoms. The van der Waals surface area contributed by atoms with Crippen LogP contribution in [-0.4, -0.2) is 19.8 Å². The molecule has 1 aliphatic rings. The van der Waals surface area contributed by atoms with Gasteiger partial charge in [0.05, 0.1) is 5.60 Å². The maximum atomic E-state index is 5.51. The zero-order valence-corrected chi connectivity index (χ0v) is 12.8. The van der Waals surface area contributed by atoms with Crippen molar-refractivity contribution in [3.05, 3.63) is 34.9 Å². The standard InChI is InChI=1S/C17H27NO/c1-17(2,19-4)11-10-16(18-3)15-9-8-13-6-5-7-14(13)12-15/h8-9,12,16,18H,5-7,10-11H2,1-4H3. The Morgan fingerprint density at radius 1 is 1.26 bits per heavy atom. The second-order valence-electron chi connectivity index (χ2n) is 6.23. The number of hydrogen-bond acceptors (Lipinski definition) is 2. The number of rotatable bonds is 6. The number of ether oxygens (including phenoxy) is 1. The Bertz CT molecular complexity index is 425. The van der Waals surface area contributed by atoms with E-state index in [0.29, 0.717) is 6.04 Å². The van der Waals surface area contributed by atoms with E-state index < -0.39 is 0 Å². The average Bonchev–Trinajstić information content (AvgIpc) is 2.87. The molecule has 1 aromatic rings. The van der Waals surface area contributed by atoms with Gasteiger partial charge in [-0.2, -0.15) is 0 Å². The first-order valence-electron chi connectivity index (χ1n) is 7.40. The molecule has 0 amide bonds. The van der Waals surface area contributed by atoms with Crippen LogP contribution in [0.5, 0.6) is 0 Å². The summed E-state index contributed by atoms with van der Waals surface area (Å²) >= 11 is 0. The van der Waals surface area contributed by atoms with Crippen molar-refractivity contribution in [2.75, 3.05) is 14.2 Å². The van der Waals surface area contributed by atoms with E-state index in [1.807, 2.05) is 0 Å². The lowest BCUT2D eigenvalue weighted by atomic mass is 9.93. The predicted molar refractivity (Wildman–Crippen MR) is 80.6 cm³/mol. The second-order valence-corrected chi connectivity index (χ2v) is 6.23. The van der Waals surface area contributed by atoms with Gasteiger partial charge in [0, 0.05) is 13.2 Å². The smallest absolute Gasteiger partial charge is 0.0623 e. The van der Waals surface area contributed by atoms with Gasteiger partial charge in [-0.1, -0.05) is 18.2 Å². The van der Waals surface area contributed by atoms with Crippen molar-refractivity contribution in [2.24, 2.45) is 0 Å². The molecule has 1 aromatic carbocycles. The van der Waals surface area contributed by atoms with Crippen LogP contribution in [0.1, 0.15) is 55.8 Å². The normalized spacial score (nSPS) is 16.4. The first-order chi connectivity index (χ1) is 9.05. The van der Waals surface area contributed by atoms with Crippen LogP contribution in [0.15, 0.2) is 18.2 Å². The van der Waals surface area contributed by atoms with Crippen molar-refractivity contribution in [1.29, 1.82) is 0 Å². The van der Waals surface area contributed by atoms with Crippen LogP contribution in [0.2, 0.25) is 0 Å². The van der Waals surface area contributed by atoms with E-state index in [4.69, 9.17) is 4.74 Å². The van der Waals surface area contributed by atoms with Gasteiger partial charge in [-0.3, -0.25) is 0 Å². The zero-order chi connectivity index (χ0) is 13.9. The summed E-state index contributed by atoms with van der Waals surface area (Å²) in [6.07, 6.45) is 6.00. The third-order valence-corrected chi connectivity index (χ3v) is 4.46. The molecule has 0 radical (unpaired) electrons. The summed E-state index contributed by atoms with van der Waals surface area (Å²) in [6, 6.07) is 7.46. The van der Waals surface area contributed by atoms with Crippen LogP contribution in [0, 0.1) is 0 Å². The Morgan fingerprint density at radius 3 is 2.68 bits per heavy atom. The quantitative estimate of drug-likeness (QED) is 0.844. The monoisotopic (exact) mass is 261 g/mol. The molecule has 19 heavy (non-hydrogen) atoms. The summed E-state index contributed by atoms with van der Waals surface area (Å²) < 4.78 is 5.51. The first-order valence-corrected chi connectivity index (χ1v) is 7.40. The molecule has 2 heteroatoms. The van der Waals surface area contributed by atoms with E-state index in [1.165, 1.54) is 24.8 Å². The van der Waals surface area contributed by atoms with E-state index in [2.05, 4.69) is 44.4 Å². The molecule has 0 saturated heterocycles. The zero-order valence-electron chi connectivity index (χ0n) is 12.8. The molecule has 2 rings (SSSR count). The van der Waals surface area contributed by atoms with Gasteiger partial charge in [-0.05, 0) is 69.7 Å². The Hall–Kier alpha value is -0.860. The van der Waals surface area contributed by atoms with Gasteiger partial charge in [0.1, 0.15) is 0 Å². The highest BCUT2D eigenvalue weighted by molar-refractivity contribution is 5.36. The predicted octanol–water partition coefficient (Wildman–Crippen LogP) is 3.64. The highest BCUT2D eigenvalue weighted by Crippen LogP contribution is 2.28. The summed E-state index contributed by atoms with van der Waals surface area (Å²) in [4.78, 5) is 0. The lowest BCUT2D eigenvalue weighted by Crippen LogP contribution is -2.26. The van der Waals surface area contributed by atoms with Gasteiger partial charge < -0.3 is 10.1 Å². The van der Waals surface area contributed by atoms with Crippen LogP contribution in [0.25, 0.3) is 0 Å². The summed E-state index contributed by atoms with van der Waals surface area (Å²) in [6.45, 7) is 4.31. The van der Waals surface area contributed by atoms with Crippen molar-refractivity contribution in [3.8, 4) is 0 Å². The van der Waals surface area contributed by atoms with E-state index in [9.17, 15) is 0 Å². The van der Waals surface area contributed by atoms with Gasteiger partial charge in [0.25, 0.3) is 0 Å². The molecule has 1 aliphatic carbocycles. The van der Waals surface area contributed by atoms with Crippen LogP contribution in [-0.2, 0) is 17.6 Å². The fourth-order valence-electron chi connectivity index (χ4n) is 2.88. The molecule has 0 saturated carbocycles. The van der Waals surface area contributed by atoms with Crippen molar-refractivity contribution >= 4 is 0 Å². The molecule has 0 aromatic heterocycles. The highest BCUT2D eigenvalue weighted by Gasteiger charge is 2.20. The third-order valence-electron chi connectivity index (χ3n) is 4.46. The Morgan fingerprint density at radius 2 is 2.00 bits per heavy atom. The minimum atomic E-state index is -0.0359. The van der Waals surface area contributed by atoms with Crippen molar-refractivity contribution in [1.82, 2.24) is 5.32 Å². The summed E-state index contributed by atoms with van der Waals surface area (Å²) in [5, 5.41) is 3.45. The summed E-state index contributed by atoms with van der Waals surface area (Å²) in [7, 11) is 3.85. The maximum absolute atomic E-state index is 5.51. The highest BCUT2D eigenvalue weighted by atomic mass is 16.5. The Labute approximate surface area is 117 Å². The molecule has 2 nitrogen and oxygen atoms in total. The minimum absolute atomic E-state index is 0.0359. The first kappa shape index (κ1) is 14.5. The molecule has 0 fully saturated rings. The second kappa shape index (κ2) is 6.06. The van der Waals surface area contributed by atoms with E-state index in [0.717, 1.165) is 12.8 Å². The number of nitrogens with one attached hydrogen (secondary N) is 1. The lowest BCUT2D eigenvalue weighted by molar-refractivity contribution is 0.0118.